The molecule has 0 spiro atoms. The van der Waals surface area contributed by atoms with Crippen molar-refractivity contribution in [3.63, 3.8) is 0 Å². The minimum Gasteiger partial charge on any atom is -0.490 e. The highest BCUT2D eigenvalue weighted by Crippen LogP contribution is 2.21. The Morgan fingerprint density at radius 2 is 1.57 bits per heavy atom. The van der Waals surface area contributed by atoms with E-state index in [1.165, 1.54) is 0 Å². The van der Waals surface area contributed by atoms with Crippen LogP contribution in [-0.2, 0) is 0 Å². The number of hydrogen-bond donors (Lipinski definition) is 0. The van der Waals surface area contributed by atoms with Gasteiger partial charge in [0.1, 0.15) is 11.9 Å². The topological polar surface area (TPSA) is 29.5 Å². The molecular weight excluding hydrogens is 286 g/mol. The van der Waals surface area contributed by atoms with Crippen LogP contribution in [0.15, 0.2) is 60.7 Å². The van der Waals surface area contributed by atoms with Gasteiger partial charge in [0.25, 0.3) is 0 Å². The Morgan fingerprint density at radius 1 is 1.00 bits per heavy atom. The molecule has 1 saturated heterocycles. The average Bonchev–Trinajstić information content (AvgIpc) is 2.63. The summed E-state index contributed by atoms with van der Waals surface area (Å²) in [4.78, 5) is 14.8. The zero-order chi connectivity index (χ0) is 16.1. The molecule has 0 radical (unpaired) electrons. The van der Waals surface area contributed by atoms with Crippen molar-refractivity contribution in [1.82, 2.24) is 4.90 Å². The van der Waals surface area contributed by atoms with Gasteiger partial charge in [0.15, 0.2) is 5.78 Å². The first kappa shape index (κ1) is 15.8. The number of ketones is 1. The molecule has 3 heteroatoms. The first-order valence-electron chi connectivity index (χ1n) is 8.29. The number of Topliss-reactive ketones (excluding diaryl/α,β-unsaturated/α-hetero) is 1. The highest BCUT2D eigenvalue weighted by molar-refractivity contribution is 5.99. The van der Waals surface area contributed by atoms with E-state index < -0.39 is 0 Å². The minimum absolute atomic E-state index is 0.0740. The van der Waals surface area contributed by atoms with Gasteiger partial charge in [-0.25, -0.2) is 0 Å². The van der Waals surface area contributed by atoms with Crippen LogP contribution in [0.25, 0.3) is 0 Å². The van der Waals surface area contributed by atoms with Crippen molar-refractivity contribution in [2.24, 2.45) is 0 Å². The van der Waals surface area contributed by atoms with E-state index in [2.05, 4.69) is 4.90 Å². The SMILES string of the molecule is C[C@@H](C(=O)c1ccccc1)N1CCC(Oc2ccccc2)CC1. The normalized spacial score (nSPS) is 17.6. The molecule has 2 aromatic carbocycles. The van der Waals surface area contributed by atoms with E-state index in [0.717, 1.165) is 37.2 Å². The maximum atomic E-state index is 12.5. The molecule has 0 amide bonds. The highest BCUT2D eigenvalue weighted by atomic mass is 16.5. The Morgan fingerprint density at radius 3 is 2.17 bits per heavy atom. The van der Waals surface area contributed by atoms with Crippen molar-refractivity contribution >= 4 is 5.78 Å². The van der Waals surface area contributed by atoms with E-state index >= 15 is 0 Å². The molecule has 23 heavy (non-hydrogen) atoms. The van der Waals surface area contributed by atoms with Gasteiger partial charge < -0.3 is 4.74 Å². The average molecular weight is 309 g/mol. The van der Waals surface area contributed by atoms with Crippen molar-refractivity contribution < 1.29 is 9.53 Å². The van der Waals surface area contributed by atoms with Gasteiger partial charge in [-0.3, -0.25) is 9.69 Å². The fourth-order valence-corrected chi connectivity index (χ4v) is 3.08. The zero-order valence-corrected chi connectivity index (χ0v) is 13.5. The fraction of sp³-hybridized carbons (Fsp3) is 0.350. The molecule has 0 saturated carbocycles. The summed E-state index contributed by atoms with van der Waals surface area (Å²) in [6.07, 6.45) is 2.16. The van der Waals surface area contributed by atoms with Crippen LogP contribution in [0.1, 0.15) is 30.1 Å². The number of para-hydroxylation sites is 1. The van der Waals surface area contributed by atoms with Gasteiger partial charge in [-0.1, -0.05) is 48.5 Å². The van der Waals surface area contributed by atoms with Gasteiger partial charge in [0.2, 0.25) is 0 Å². The first-order chi connectivity index (χ1) is 11.2. The summed E-state index contributed by atoms with van der Waals surface area (Å²) in [5.41, 5.74) is 0.794. The van der Waals surface area contributed by atoms with E-state index in [0.29, 0.717) is 0 Å². The van der Waals surface area contributed by atoms with Crippen molar-refractivity contribution in [3.05, 3.63) is 66.2 Å². The molecule has 1 aliphatic rings. The Labute approximate surface area is 137 Å². The second-order valence-corrected chi connectivity index (χ2v) is 6.07. The number of likely N-dealkylation sites (tertiary alicyclic amines) is 1. The van der Waals surface area contributed by atoms with E-state index in [-0.39, 0.29) is 17.9 Å². The van der Waals surface area contributed by atoms with Crippen LogP contribution in [0.4, 0.5) is 0 Å². The van der Waals surface area contributed by atoms with Crippen LogP contribution < -0.4 is 4.74 Å². The number of hydrogen-bond acceptors (Lipinski definition) is 3. The summed E-state index contributed by atoms with van der Waals surface area (Å²) in [6, 6.07) is 19.4. The summed E-state index contributed by atoms with van der Waals surface area (Å²) >= 11 is 0. The standard InChI is InChI=1S/C20H23NO2/c1-16(20(22)17-8-4-2-5-9-17)21-14-12-19(13-15-21)23-18-10-6-3-7-11-18/h2-11,16,19H,12-15H2,1H3/t16-/m0/s1. The maximum absolute atomic E-state index is 12.5. The molecule has 0 aliphatic carbocycles. The number of carbonyl (C=O) groups excluding carboxylic acids is 1. The minimum atomic E-state index is -0.0740. The number of ether oxygens (including phenoxy) is 1. The molecule has 120 valence electrons. The molecule has 1 atom stereocenters. The molecule has 2 aromatic rings. The Hall–Kier alpha value is -2.13. The Bertz CT molecular complexity index is 619. The predicted molar refractivity (Wildman–Crippen MR) is 91.9 cm³/mol. The largest absolute Gasteiger partial charge is 0.490 e. The summed E-state index contributed by atoms with van der Waals surface area (Å²) in [6.45, 7) is 3.81. The molecule has 3 rings (SSSR count). The Balaban J connectivity index is 1.53. The molecule has 1 aliphatic heterocycles. The van der Waals surface area contributed by atoms with Crippen LogP contribution in [0.2, 0.25) is 0 Å². The molecule has 0 aromatic heterocycles. The molecule has 0 N–H and O–H groups in total. The van der Waals surface area contributed by atoms with Gasteiger partial charge in [-0.05, 0) is 31.9 Å². The maximum Gasteiger partial charge on any atom is 0.179 e. The van der Waals surface area contributed by atoms with E-state index in [1.54, 1.807) is 0 Å². The second kappa shape index (κ2) is 7.42. The third-order valence-corrected chi connectivity index (χ3v) is 4.51. The molecule has 3 nitrogen and oxygen atoms in total. The van der Waals surface area contributed by atoms with Gasteiger partial charge in [0.05, 0.1) is 6.04 Å². The van der Waals surface area contributed by atoms with Crippen LogP contribution in [0, 0.1) is 0 Å². The van der Waals surface area contributed by atoms with Crippen molar-refractivity contribution in [2.75, 3.05) is 13.1 Å². The van der Waals surface area contributed by atoms with Crippen LogP contribution in [0.5, 0.6) is 5.75 Å². The molecule has 1 fully saturated rings. The van der Waals surface area contributed by atoms with Crippen LogP contribution in [0.3, 0.4) is 0 Å². The molecule has 0 bridgehead atoms. The van der Waals surface area contributed by atoms with Crippen LogP contribution >= 0.6 is 0 Å². The van der Waals surface area contributed by atoms with Gasteiger partial charge in [-0.15, -0.1) is 0 Å². The lowest BCUT2D eigenvalue weighted by molar-refractivity contribution is 0.0629. The van der Waals surface area contributed by atoms with E-state index in [4.69, 9.17) is 4.74 Å². The molecule has 0 unspecified atom stereocenters. The van der Waals surface area contributed by atoms with Gasteiger partial charge in [0, 0.05) is 18.7 Å². The predicted octanol–water partition coefficient (Wildman–Crippen LogP) is 3.80. The number of rotatable bonds is 5. The molecule has 1 heterocycles. The van der Waals surface area contributed by atoms with Gasteiger partial charge >= 0.3 is 0 Å². The lowest BCUT2D eigenvalue weighted by Gasteiger charge is -2.35. The zero-order valence-electron chi connectivity index (χ0n) is 13.5. The first-order valence-corrected chi connectivity index (χ1v) is 8.29. The monoisotopic (exact) mass is 309 g/mol. The highest BCUT2D eigenvalue weighted by Gasteiger charge is 2.27. The summed E-state index contributed by atoms with van der Waals surface area (Å²) < 4.78 is 6.02. The molecular formula is C20H23NO2. The number of carbonyl (C=O) groups is 1. The van der Waals surface area contributed by atoms with Gasteiger partial charge in [-0.2, -0.15) is 0 Å². The lowest BCUT2D eigenvalue weighted by Crippen LogP contribution is -2.46. The Kier molecular flexibility index (Phi) is 5.09. The van der Waals surface area contributed by atoms with Crippen molar-refractivity contribution in [1.29, 1.82) is 0 Å². The van der Waals surface area contributed by atoms with Crippen molar-refractivity contribution in [2.45, 2.75) is 31.9 Å². The van der Waals surface area contributed by atoms with Crippen molar-refractivity contribution in [3.8, 4) is 5.75 Å². The fourth-order valence-electron chi connectivity index (χ4n) is 3.08. The number of nitrogens with zero attached hydrogens (tertiary/aromatic N) is 1. The smallest absolute Gasteiger partial charge is 0.179 e. The summed E-state index contributed by atoms with van der Waals surface area (Å²) in [5.74, 6) is 1.13. The number of piperidine rings is 1. The summed E-state index contributed by atoms with van der Waals surface area (Å²) in [5, 5.41) is 0. The van der Waals surface area contributed by atoms with E-state index in [1.807, 2.05) is 67.6 Å². The number of benzene rings is 2. The third-order valence-electron chi connectivity index (χ3n) is 4.51. The lowest BCUT2D eigenvalue weighted by atomic mass is 10.0. The van der Waals surface area contributed by atoms with Crippen LogP contribution in [-0.4, -0.2) is 35.9 Å². The van der Waals surface area contributed by atoms with E-state index in [9.17, 15) is 4.79 Å². The quantitative estimate of drug-likeness (QED) is 0.787. The third kappa shape index (κ3) is 3.99. The summed E-state index contributed by atoms with van der Waals surface area (Å²) in [7, 11) is 0. The second-order valence-electron chi connectivity index (χ2n) is 6.07.